The van der Waals surface area contributed by atoms with Crippen LogP contribution in [0.15, 0.2) is 34.0 Å². The van der Waals surface area contributed by atoms with E-state index in [0.29, 0.717) is 50.0 Å². The Hall–Kier alpha value is -2.13. The van der Waals surface area contributed by atoms with Crippen molar-refractivity contribution < 1.29 is 22.4 Å². The predicted octanol–water partition coefficient (Wildman–Crippen LogP) is 1.02. The largest absolute Gasteiger partial charge is 0.486 e. The Morgan fingerprint density at radius 2 is 2.00 bits per heavy atom. The molecule has 4 rings (SSSR count). The number of hydrogen-bond donors (Lipinski definition) is 0. The maximum Gasteiger partial charge on any atom is 0.243 e. The summed E-state index contributed by atoms with van der Waals surface area (Å²) in [5.74, 6) is 1.54. The fourth-order valence-electron chi connectivity index (χ4n) is 2.85. The number of nitrogens with zero attached hydrogens (tertiary/aromatic N) is 3. The molecule has 0 bridgehead atoms. The van der Waals surface area contributed by atoms with Crippen LogP contribution in [0.1, 0.15) is 18.2 Å². The van der Waals surface area contributed by atoms with E-state index in [1.54, 1.807) is 12.1 Å². The number of hydrogen-bond acceptors (Lipinski definition) is 7. The van der Waals surface area contributed by atoms with Crippen LogP contribution < -0.4 is 9.47 Å². The van der Waals surface area contributed by atoms with Crippen LogP contribution in [-0.2, 0) is 10.0 Å². The van der Waals surface area contributed by atoms with Gasteiger partial charge in [-0.15, -0.1) is 0 Å². The fraction of sp³-hybridized carbons (Fsp3) is 0.429. The molecular formula is C14H15N3O5S. The maximum atomic E-state index is 12.8. The van der Waals surface area contributed by atoms with E-state index in [1.165, 1.54) is 16.8 Å². The van der Waals surface area contributed by atoms with Crippen LogP contribution in [0.25, 0.3) is 0 Å². The average Bonchev–Trinajstić information content (AvgIpc) is 3.25. The van der Waals surface area contributed by atoms with E-state index in [2.05, 4.69) is 10.1 Å². The smallest absolute Gasteiger partial charge is 0.243 e. The second-order valence-electron chi connectivity index (χ2n) is 5.44. The van der Waals surface area contributed by atoms with Gasteiger partial charge in [-0.2, -0.15) is 9.29 Å². The van der Waals surface area contributed by atoms with Crippen LogP contribution in [0.2, 0.25) is 0 Å². The zero-order valence-electron chi connectivity index (χ0n) is 12.2. The normalized spacial score (nSPS) is 21.5. The molecule has 0 spiro atoms. The Labute approximate surface area is 133 Å². The van der Waals surface area contributed by atoms with E-state index >= 15 is 0 Å². The molecule has 0 aliphatic carbocycles. The minimum Gasteiger partial charge on any atom is -0.486 e. The van der Waals surface area contributed by atoms with Gasteiger partial charge in [0.1, 0.15) is 13.2 Å². The van der Waals surface area contributed by atoms with Crippen molar-refractivity contribution in [3.8, 4) is 11.5 Å². The lowest BCUT2D eigenvalue weighted by Crippen LogP contribution is -2.29. The second kappa shape index (κ2) is 5.50. The zero-order chi connectivity index (χ0) is 15.9. The molecule has 3 heterocycles. The quantitative estimate of drug-likeness (QED) is 0.825. The topological polar surface area (TPSA) is 94.8 Å². The van der Waals surface area contributed by atoms with Crippen LogP contribution in [0.3, 0.4) is 0 Å². The maximum absolute atomic E-state index is 12.8. The van der Waals surface area contributed by atoms with Crippen molar-refractivity contribution in [2.75, 3.05) is 26.3 Å². The molecule has 9 heteroatoms. The highest BCUT2D eigenvalue weighted by atomic mass is 32.2. The van der Waals surface area contributed by atoms with E-state index in [-0.39, 0.29) is 10.8 Å². The molecule has 122 valence electrons. The third-order valence-electron chi connectivity index (χ3n) is 4.05. The van der Waals surface area contributed by atoms with Crippen LogP contribution in [0.5, 0.6) is 11.5 Å². The van der Waals surface area contributed by atoms with Crippen LogP contribution in [0, 0.1) is 0 Å². The van der Waals surface area contributed by atoms with Gasteiger partial charge in [0.15, 0.2) is 17.3 Å². The number of rotatable bonds is 3. The summed E-state index contributed by atoms with van der Waals surface area (Å²) in [5.41, 5.74) is 0. The van der Waals surface area contributed by atoms with E-state index in [0.717, 1.165) is 0 Å². The summed E-state index contributed by atoms with van der Waals surface area (Å²) < 4.78 is 42.7. The second-order valence-corrected chi connectivity index (χ2v) is 7.38. The zero-order valence-corrected chi connectivity index (χ0v) is 13.0. The number of fused-ring (bicyclic) bond motifs is 1. The molecule has 0 unspecified atom stereocenters. The van der Waals surface area contributed by atoms with Gasteiger partial charge in [-0.1, -0.05) is 5.16 Å². The Bertz CT molecular complexity index is 806. The predicted molar refractivity (Wildman–Crippen MR) is 77.8 cm³/mol. The lowest BCUT2D eigenvalue weighted by molar-refractivity contribution is 0.171. The average molecular weight is 337 g/mol. The first kappa shape index (κ1) is 14.5. The Balaban J connectivity index is 1.58. The SMILES string of the molecule is O=S(=O)(c1ccc2c(c1)OCCO2)N1CC[C@H](c2ncon2)C1. The Morgan fingerprint density at radius 3 is 2.78 bits per heavy atom. The van der Waals surface area contributed by atoms with E-state index in [4.69, 9.17) is 14.0 Å². The van der Waals surface area contributed by atoms with Gasteiger partial charge in [0.2, 0.25) is 16.4 Å². The molecule has 0 amide bonds. The van der Waals surface area contributed by atoms with Gasteiger partial charge in [0.25, 0.3) is 0 Å². The Morgan fingerprint density at radius 1 is 1.17 bits per heavy atom. The molecule has 1 saturated heterocycles. The van der Waals surface area contributed by atoms with Crippen LogP contribution in [0.4, 0.5) is 0 Å². The summed E-state index contributed by atoms with van der Waals surface area (Å²) in [6, 6.07) is 4.70. The lowest BCUT2D eigenvalue weighted by Gasteiger charge is -2.21. The molecule has 0 N–H and O–H groups in total. The summed E-state index contributed by atoms with van der Waals surface area (Å²) in [6.07, 6.45) is 1.93. The summed E-state index contributed by atoms with van der Waals surface area (Å²) in [6.45, 7) is 1.66. The van der Waals surface area contributed by atoms with Crippen molar-refractivity contribution in [3.05, 3.63) is 30.4 Å². The molecule has 2 aromatic rings. The molecular weight excluding hydrogens is 322 g/mol. The number of benzene rings is 1. The Kier molecular flexibility index (Phi) is 3.46. The van der Waals surface area contributed by atoms with Crippen molar-refractivity contribution >= 4 is 10.0 Å². The summed E-state index contributed by atoms with van der Waals surface area (Å²) in [7, 11) is -3.58. The van der Waals surface area contributed by atoms with E-state index in [1.807, 2.05) is 0 Å². The first-order valence-electron chi connectivity index (χ1n) is 7.30. The van der Waals surface area contributed by atoms with Gasteiger partial charge in [0, 0.05) is 25.1 Å². The van der Waals surface area contributed by atoms with Crippen molar-refractivity contribution in [1.82, 2.24) is 14.4 Å². The monoisotopic (exact) mass is 337 g/mol. The molecule has 2 aliphatic heterocycles. The fourth-order valence-corrected chi connectivity index (χ4v) is 4.37. The summed E-state index contributed by atoms with van der Waals surface area (Å²) in [5, 5.41) is 3.80. The van der Waals surface area contributed by atoms with Crippen molar-refractivity contribution in [1.29, 1.82) is 0 Å². The van der Waals surface area contributed by atoms with Crippen molar-refractivity contribution in [3.63, 3.8) is 0 Å². The summed E-state index contributed by atoms with van der Waals surface area (Å²) >= 11 is 0. The molecule has 2 aliphatic rings. The lowest BCUT2D eigenvalue weighted by atomic mass is 10.1. The van der Waals surface area contributed by atoms with E-state index < -0.39 is 10.0 Å². The van der Waals surface area contributed by atoms with Crippen LogP contribution >= 0.6 is 0 Å². The molecule has 1 fully saturated rings. The third kappa shape index (κ3) is 2.55. The molecule has 0 saturated carbocycles. The summed E-state index contributed by atoms with van der Waals surface area (Å²) in [4.78, 5) is 4.21. The number of ether oxygens (including phenoxy) is 2. The highest BCUT2D eigenvalue weighted by molar-refractivity contribution is 7.89. The van der Waals surface area contributed by atoms with Crippen molar-refractivity contribution in [2.24, 2.45) is 0 Å². The van der Waals surface area contributed by atoms with E-state index in [9.17, 15) is 8.42 Å². The third-order valence-corrected chi connectivity index (χ3v) is 5.91. The van der Waals surface area contributed by atoms with Gasteiger partial charge >= 0.3 is 0 Å². The minimum absolute atomic E-state index is 0.0410. The molecule has 0 radical (unpaired) electrons. The first-order chi connectivity index (χ1) is 11.1. The minimum atomic E-state index is -3.58. The van der Waals surface area contributed by atoms with Gasteiger partial charge < -0.3 is 14.0 Å². The van der Waals surface area contributed by atoms with Crippen molar-refractivity contribution in [2.45, 2.75) is 17.2 Å². The molecule has 1 aromatic heterocycles. The molecule has 1 aromatic carbocycles. The standard InChI is InChI=1S/C14H15N3O5S/c18-23(19,11-1-2-12-13(7-11)21-6-5-20-12)17-4-3-10(8-17)14-15-9-22-16-14/h1-2,7,9-10H,3-6,8H2/t10-/m0/s1. The first-order valence-corrected chi connectivity index (χ1v) is 8.75. The van der Waals surface area contributed by atoms with Gasteiger partial charge in [-0.3, -0.25) is 0 Å². The number of aromatic nitrogens is 2. The van der Waals surface area contributed by atoms with Gasteiger partial charge in [-0.05, 0) is 18.6 Å². The molecule has 8 nitrogen and oxygen atoms in total. The molecule has 1 atom stereocenters. The van der Waals surface area contributed by atoms with Gasteiger partial charge in [-0.25, -0.2) is 8.42 Å². The highest BCUT2D eigenvalue weighted by Crippen LogP contribution is 2.35. The number of sulfonamides is 1. The highest BCUT2D eigenvalue weighted by Gasteiger charge is 2.35. The van der Waals surface area contributed by atoms with Gasteiger partial charge in [0.05, 0.1) is 4.90 Å². The van der Waals surface area contributed by atoms with Crippen LogP contribution in [-0.4, -0.2) is 49.2 Å². The molecule has 23 heavy (non-hydrogen) atoms.